The topological polar surface area (TPSA) is 123 Å². The largest absolute Gasteiger partial charge is 0.497 e. The number of likely N-dealkylation sites (N-methyl/N-ethyl adjacent to an activating group) is 1. The zero-order chi connectivity index (χ0) is 29.9. The molecular formula is C30H32FN3O7S. The first-order chi connectivity index (χ1) is 20.1. The monoisotopic (exact) mass is 597 g/mol. The summed E-state index contributed by atoms with van der Waals surface area (Å²) >= 11 is 0. The predicted octanol–water partition coefficient (Wildman–Crippen LogP) is 3.72. The van der Waals surface area contributed by atoms with E-state index in [1.165, 1.54) is 30.3 Å². The van der Waals surface area contributed by atoms with Crippen molar-refractivity contribution in [1.29, 1.82) is 0 Å². The van der Waals surface area contributed by atoms with E-state index in [1.54, 1.807) is 19.1 Å². The van der Waals surface area contributed by atoms with Crippen LogP contribution in [-0.2, 0) is 26.1 Å². The van der Waals surface area contributed by atoms with Crippen molar-refractivity contribution < 1.29 is 36.6 Å². The number of halogens is 1. The Bertz CT molecular complexity index is 1580. The van der Waals surface area contributed by atoms with Gasteiger partial charge >= 0.3 is 0 Å². The fraction of sp³-hybridized carbons (Fsp3) is 0.333. The summed E-state index contributed by atoms with van der Waals surface area (Å²) in [7, 11) is -0.974. The van der Waals surface area contributed by atoms with Gasteiger partial charge in [0.1, 0.15) is 34.9 Å². The van der Waals surface area contributed by atoms with Gasteiger partial charge in [-0.05, 0) is 60.9 Å². The van der Waals surface area contributed by atoms with Gasteiger partial charge in [-0.25, -0.2) is 12.8 Å². The number of carbonyl (C=O) groups excluding carboxylic acids is 2. The van der Waals surface area contributed by atoms with Crippen LogP contribution in [0, 0.1) is 5.82 Å². The van der Waals surface area contributed by atoms with E-state index in [0.29, 0.717) is 25.1 Å². The minimum Gasteiger partial charge on any atom is -0.497 e. The number of amides is 2. The first-order valence-corrected chi connectivity index (χ1v) is 15.0. The third-order valence-corrected chi connectivity index (χ3v) is 8.84. The highest BCUT2D eigenvalue weighted by atomic mass is 32.2. The first-order valence-electron chi connectivity index (χ1n) is 13.5. The van der Waals surface area contributed by atoms with Crippen molar-refractivity contribution in [2.45, 2.75) is 49.0 Å². The minimum absolute atomic E-state index is 0.0967. The molecule has 12 heteroatoms. The molecule has 0 spiro atoms. The van der Waals surface area contributed by atoms with Crippen LogP contribution in [0.25, 0.3) is 0 Å². The molecule has 0 bridgehead atoms. The standard InChI is InChI=1S/C30H32FN3O7S/c1-34-25-12-11-22(16-29(35)32-17-19-6-5-7-21(14-19)39-2)41-27(25)18-40-26-13-10-20(15-23(26)30(34)36)33-42(37,38)28-9-4-3-8-24(28)31/h3-10,13-15,22,25,27,33H,11-12,16-18H2,1-2H3,(H,32,35)/t22-,25+,27-/m1/s1. The molecule has 0 radical (unpaired) electrons. The SMILES string of the molecule is COc1cccc(CNC(=O)C[C@H]2CC[C@H]3[C@@H](COc4ccc(NS(=O)(=O)c5ccccc5F)cc4C(=O)N3C)O2)c1. The Balaban J connectivity index is 1.23. The van der Waals surface area contributed by atoms with Crippen molar-refractivity contribution in [1.82, 2.24) is 10.2 Å². The number of nitrogens with one attached hydrogen (secondary N) is 2. The average molecular weight is 598 g/mol. The van der Waals surface area contributed by atoms with E-state index in [0.717, 1.165) is 17.7 Å². The molecule has 0 aromatic heterocycles. The van der Waals surface area contributed by atoms with Gasteiger partial charge in [-0.15, -0.1) is 0 Å². The molecule has 0 unspecified atom stereocenters. The van der Waals surface area contributed by atoms with Crippen LogP contribution in [0.1, 0.15) is 35.2 Å². The molecule has 5 rings (SSSR count). The summed E-state index contributed by atoms with van der Waals surface area (Å²) in [5.74, 6) is -0.418. The maximum absolute atomic E-state index is 14.1. The molecule has 2 heterocycles. The van der Waals surface area contributed by atoms with Crippen molar-refractivity contribution in [3.05, 3.63) is 83.7 Å². The maximum atomic E-state index is 14.1. The van der Waals surface area contributed by atoms with Gasteiger partial charge in [0.05, 0.1) is 31.2 Å². The second kappa shape index (κ2) is 12.4. The van der Waals surface area contributed by atoms with Gasteiger partial charge in [-0.2, -0.15) is 0 Å². The van der Waals surface area contributed by atoms with E-state index in [2.05, 4.69) is 10.0 Å². The summed E-state index contributed by atoms with van der Waals surface area (Å²) in [6.07, 6.45) is 0.543. The third-order valence-electron chi connectivity index (χ3n) is 7.43. The van der Waals surface area contributed by atoms with Crippen LogP contribution in [0.15, 0.2) is 71.6 Å². The van der Waals surface area contributed by atoms with Gasteiger partial charge in [0, 0.05) is 19.3 Å². The number of methoxy groups -OCH3 is 1. The van der Waals surface area contributed by atoms with Crippen LogP contribution < -0.4 is 19.5 Å². The van der Waals surface area contributed by atoms with E-state index >= 15 is 0 Å². The number of fused-ring (bicyclic) bond motifs is 2. The number of benzene rings is 3. The molecule has 2 N–H and O–H groups in total. The Hall–Kier alpha value is -4.16. The molecule has 2 amide bonds. The number of rotatable bonds is 8. The summed E-state index contributed by atoms with van der Waals surface area (Å²) in [5, 5.41) is 2.92. The Kier molecular flexibility index (Phi) is 8.64. The van der Waals surface area contributed by atoms with Gasteiger partial charge in [-0.3, -0.25) is 14.3 Å². The lowest BCUT2D eigenvalue weighted by atomic mass is 9.94. The Morgan fingerprint density at radius 1 is 1.10 bits per heavy atom. The molecule has 2 aliphatic rings. The van der Waals surface area contributed by atoms with Crippen molar-refractivity contribution in [2.24, 2.45) is 0 Å². The summed E-state index contributed by atoms with van der Waals surface area (Å²) in [6, 6.07) is 16.5. The third kappa shape index (κ3) is 6.50. The van der Waals surface area contributed by atoms with E-state index < -0.39 is 26.8 Å². The predicted molar refractivity (Wildman–Crippen MR) is 152 cm³/mol. The zero-order valence-electron chi connectivity index (χ0n) is 23.2. The molecule has 2 aliphatic heterocycles. The molecular weight excluding hydrogens is 565 g/mol. The van der Waals surface area contributed by atoms with Crippen LogP contribution in [0.5, 0.6) is 11.5 Å². The number of anilines is 1. The quantitative estimate of drug-likeness (QED) is 0.406. The molecule has 0 saturated carbocycles. The average Bonchev–Trinajstić information content (AvgIpc) is 2.98. The molecule has 3 aromatic rings. The lowest BCUT2D eigenvalue weighted by molar-refractivity contribution is -0.134. The van der Waals surface area contributed by atoms with Crippen LogP contribution in [0.3, 0.4) is 0 Å². The summed E-state index contributed by atoms with van der Waals surface area (Å²) in [6.45, 7) is 0.502. The molecule has 1 saturated heterocycles. The second-order valence-corrected chi connectivity index (χ2v) is 11.9. The summed E-state index contributed by atoms with van der Waals surface area (Å²) in [4.78, 5) is 27.2. The molecule has 42 heavy (non-hydrogen) atoms. The minimum atomic E-state index is -4.23. The smallest absolute Gasteiger partial charge is 0.264 e. The van der Waals surface area contributed by atoms with E-state index in [9.17, 15) is 22.4 Å². The molecule has 1 fully saturated rings. The molecule has 222 valence electrons. The number of nitrogens with zero attached hydrogens (tertiary/aromatic N) is 1. The van der Waals surface area contributed by atoms with E-state index in [1.807, 2.05) is 24.3 Å². The van der Waals surface area contributed by atoms with Gasteiger partial charge in [0.2, 0.25) is 5.91 Å². The lowest BCUT2D eigenvalue weighted by Crippen LogP contribution is -2.53. The second-order valence-electron chi connectivity index (χ2n) is 10.2. The number of hydrogen-bond donors (Lipinski definition) is 2. The highest BCUT2D eigenvalue weighted by molar-refractivity contribution is 7.92. The van der Waals surface area contributed by atoms with Crippen LogP contribution in [-0.4, -0.2) is 64.1 Å². The van der Waals surface area contributed by atoms with Crippen LogP contribution in [0.4, 0.5) is 10.1 Å². The molecule has 3 atom stereocenters. The van der Waals surface area contributed by atoms with Gasteiger partial charge in [0.15, 0.2) is 0 Å². The first kappa shape index (κ1) is 29.3. The zero-order valence-corrected chi connectivity index (χ0v) is 24.0. The molecule has 10 nitrogen and oxygen atoms in total. The number of hydrogen-bond acceptors (Lipinski definition) is 7. The fourth-order valence-corrected chi connectivity index (χ4v) is 6.36. The van der Waals surface area contributed by atoms with Crippen LogP contribution in [0.2, 0.25) is 0 Å². The Labute approximate surface area is 243 Å². The summed E-state index contributed by atoms with van der Waals surface area (Å²) in [5.41, 5.74) is 1.19. The Morgan fingerprint density at radius 3 is 2.69 bits per heavy atom. The highest BCUT2D eigenvalue weighted by Gasteiger charge is 2.39. The highest BCUT2D eigenvalue weighted by Crippen LogP contribution is 2.33. The van der Waals surface area contributed by atoms with Crippen molar-refractivity contribution in [3.8, 4) is 11.5 Å². The molecule has 0 aliphatic carbocycles. The lowest BCUT2D eigenvalue weighted by Gasteiger charge is -2.42. The van der Waals surface area contributed by atoms with E-state index in [-0.39, 0.29) is 54.0 Å². The van der Waals surface area contributed by atoms with Gasteiger partial charge in [0.25, 0.3) is 15.9 Å². The van der Waals surface area contributed by atoms with Gasteiger partial charge < -0.3 is 24.4 Å². The number of carbonyl (C=O) groups is 2. The maximum Gasteiger partial charge on any atom is 0.264 e. The van der Waals surface area contributed by atoms with E-state index in [4.69, 9.17) is 14.2 Å². The number of ether oxygens (including phenoxy) is 3. The normalized spacial score (nSPS) is 20.3. The van der Waals surface area contributed by atoms with Crippen molar-refractivity contribution >= 4 is 27.5 Å². The van der Waals surface area contributed by atoms with Crippen molar-refractivity contribution in [2.75, 3.05) is 25.5 Å². The number of sulfonamides is 1. The summed E-state index contributed by atoms with van der Waals surface area (Å²) < 4.78 is 59.4. The fourth-order valence-electron chi connectivity index (χ4n) is 5.23. The van der Waals surface area contributed by atoms with Crippen molar-refractivity contribution in [3.63, 3.8) is 0 Å². The Morgan fingerprint density at radius 2 is 1.90 bits per heavy atom. The van der Waals surface area contributed by atoms with Gasteiger partial charge in [-0.1, -0.05) is 24.3 Å². The molecule has 3 aromatic carbocycles. The van der Waals surface area contributed by atoms with Crippen LogP contribution >= 0.6 is 0 Å².